The van der Waals surface area contributed by atoms with Gasteiger partial charge in [0.2, 0.25) is 0 Å². The molecule has 3 N–H and O–H groups in total. The summed E-state index contributed by atoms with van der Waals surface area (Å²) in [5, 5.41) is 0.775. The number of halogens is 2. The molecule has 1 aliphatic rings. The van der Waals surface area contributed by atoms with Gasteiger partial charge in [0.1, 0.15) is 0 Å². The van der Waals surface area contributed by atoms with Crippen molar-refractivity contribution in [2.24, 2.45) is 11.8 Å². The first kappa shape index (κ1) is 14.3. The van der Waals surface area contributed by atoms with E-state index in [-0.39, 0.29) is 6.04 Å². The third kappa shape index (κ3) is 3.45. The second kappa shape index (κ2) is 6.35. The van der Waals surface area contributed by atoms with Gasteiger partial charge in [0.15, 0.2) is 0 Å². The van der Waals surface area contributed by atoms with Crippen molar-refractivity contribution in [3.8, 4) is 0 Å². The molecule has 1 fully saturated rings. The third-order valence-electron chi connectivity index (χ3n) is 3.47. The monoisotopic (exact) mass is 332 g/mol. The minimum absolute atomic E-state index is 0.202. The molecule has 1 aromatic rings. The van der Waals surface area contributed by atoms with E-state index in [9.17, 15) is 0 Å². The molecule has 1 saturated heterocycles. The molecular formula is C13H18BrClN2O. The normalized spacial score (nSPS) is 25.3. The maximum absolute atomic E-state index is 6.24. The molecule has 2 rings (SSSR count). The van der Waals surface area contributed by atoms with Crippen molar-refractivity contribution in [1.29, 1.82) is 0 Å². The number of hydrazine groups is 1. The van der Waals surface area contributed by atoms with E-state index in [0.29, 0.717) is 12.0 Å². The summed E-state index contributed by atoms with van der Waals surface area (Å²) in [7, 11) is 0. The predicted molar refractivity (Wildman–Crippen MR) is 77.5 cm³/mol. The van der Waals surface area contributed by atoms with Crippen molar-refractivity contribution in [2.75, 3.05) is 6.61 Å². The van der Waals surface area contributed by atoms with Gasteiger partial charge >= 0.3 is 0 Å². The van der Waals surface area contributed by atoms with Crippen molar-refractivity contribution in [3.05, 3.63) is 33.3 Å². The molecule has 100 valence electrons. The Morgan fingerprint density at radius 3 is 2.94 bits per heavy atom. The van der Waals surface area contributed by atoms with Crippen molar-refractivity contribution < 1.29 is 4.74 Å². The minimum atomic E-state index is 0.202. The molecule has 3 nitrogen and oxygen atoms in total. The molecule has 0 saturated carbocycles. The Morgan fingerprint density at radius 2 is 2.39 bits per heavy atom. The quantitative estimate of drug-likeness (QED) is 0.658. The number of nitrogens with two attached hydrogens (primary N) is 1. The van der Waals surface area contributed by atoms with Gasteiger partial charge in [0, 0.05) is 21.5 Å². The van der Waals surface area contributed by atoms with Gasteiger partial charge in [-0.1, -0.05) is 33.6 Å². The lowest BCUT2D eigenvalue weighted by Gasteiger charge is -2.22. The fraction of sp³-hybridized carbons (Fsp3) is 0.538. The molecule has 1 heterocycles. The molecule has 3 unspecified atom stereocenters. The highest BCUT2D eigenvalue weighted by Gasteiger charge is 2.29. The molecule has 18 heavy (non-hydrogen) atoms. The molecule has 1 aliphatic heterocycles. The van der Waals surface area contributed by atoms with Gasteiger partial charge in [0.25, 0.3) is 0 Å². The van der Waals surface area contributed by atoms with E-state index < -0.39 is 0 Å². The SMILES string of the molecule is CC1CC(C(Cc2ccc(Br)cc2Cl)NN)CO1. The number of hydrogen-bond acceptors (Lipinski definition) is 3. The summed E-state index contributed by atoms with van der Waals surface area (Å²) in [4.78, 5) is 0. The van der Waals surface area contributed by atoms with Crippen LogP contribution in [-0.2, 0) is 11.2 Å². The summed E-state index contributed by atoms with van der Waals surface area (Å²) in [5.41, 5.74) is 4.02. The van der Waals surface area contributed by atoms with Crippen LogP contribution in [0.15, 0.2) is 22.7 Å². The van der Waals surface area contributed by atoms with E-state index in [1.54, 1.807) is 0 Å². The lowest BCUT2D eigenvalue weighted by molar-refractivity contribution is 0.117. The van der Waals surface area contributed by atoms with Crippen LogP contribution in [0.1, 0.15) is 18.9 Å². The maximum Gasteiger partial charge on any atom is 0.0551 e. The van der Waals surface area contributed by atoms with Crippen LogP contribution in [0.25, 0.3) is 0 Å². The Morgan fingerprint density at radius 1 is 1.61 bits per heavy atom. The second-order valence-corrected chi connectivity index (χ2v) is 6.18. The summed E-state index contributed by atoms with van der Waals surface area (Å²) in [5.74, 6) is 6.12. The van der Waals surface area contributed by atoms with Gasteiger partial charge in [-0.3, -0.25) is 11.3 Å². The molecule has 0 spiro atoms. The van der Waals surface area contributed by atoms with Crippen molar-refractivity contribution in [3.63, 3.8) is 0 Å². The number of nitrogens with one attached hydrogen (secondary N) is 1. The third-order valence-corrected chi connectivity index (χ3v) is 4.31. The second-order valence-electron chi connectivity index (χ2n) is 4.85. The summed E-state index contributed by atoms with van der Waals surface area (Å²) in [6, 6.07) is 6.16. The van der Waals surface area contributed by atoms with E-state index in [0.717, 1.165) is 34.5 Å². The zero-order valence-electron chi connectivity index (χ0n) is 10.3. The van der Waals surface area contributed by atoms with Crippen molar-refractivity contribution >= 4 is 27.5 Å². The van der Waals surface area contributed by atoms with E-state index in [4.69, 9.17) is 22.2 Å². The van der Waals surface area contributed by atoms with Gasteiger partial charge in [0.05, 0.1) is 12.7 Å². The zero-order chi connectivity index (χ0) is 13.1. The first-order valence-electron chi connectivity index (χ1n) is 6.11. The largest absolute Gasteiger partial charge is 0.378 e. The minimum Gasteiger partial charge on any atom is -0.378 e. The molecule has 5 heteroatoms. The molecule has 0 aliphatic carbocycles. The zero-order valence-corrected chi connectivity index (χ0v) is 12.7. The smallest absolute Gasteiger partial charge is 0.0551 e. The molecule has 0 amide bonds. The molecular weight excluding hydrogens is 316 g/mol. The molecule has 0 bridgehead atoms. The lowest BCUT2D eigenvalue weighted by Crippen LogP contribution is -2.42. The number of rotatable bonds is 4. The maximum atomic E-state index is 6.24. The Hall–Kier alpha value is -0.130. The summed E-state index contributed by atoms with van der Waals surface area (Å²) >= 11 is 9.65. The Kier molecular flexibility index (Phi) is 5.04. The van der Waals surface area contributed by atoms with Crippen molar-refractivity contribution in [1.82, 2.24) is 5.43 Å². The van der Waals surface area contributed by atoms with Crippen LogP contribution in [-0.4, -0.2) is 18.8 Å². The predicted octanol–water partition coefficient (Wildman–Crippen LogP) is 2.90. The van der Waals surface area contributed by atoms with Gasteiger partial charge < -0.3 is 4.74 Å². The number of ether oxygens (including phenoxy) is 1. The number of benzene rings is 1. The van der Waals surface area contributed by atoms with Crippen LogP contribution in [0.2, 0.25) is 5.02 Å². The Bertz CT molecular complexity index is 416. The summed E-state index contributed by atoms with van der Waals surface area (Å²) < 4.78 is 6.59. The van der Waals surface area contributed by atoms with Crippen LogP contribution in [0, 0.1) is 5.92 Å². The Balaban J connectivity index is 2.05. The van der Waals surface area contributed by atoms with Crippen LogP contribution in [0.4, 0.5) is 0 Å². The number of hydrogen-bond donors (Lipinski definition) is 2. The highest BCUT2D eigenvalue weighted by molar-refractivity contribution is 9.10. The first-order chi connectivity index (χ1) is 8.60. The topological polar surface area (TPSA) is 47.3 Å². The van der Waals surface area contributed by atoms with Crippen LogP contribution in [0.5, 0.6) is 0 Å². The lowest BCUT2D eigenvalue weighted by atomic mass is 9.92. The molecule has 1 aromatic carbocycles. The van der Waals surface area contributed by atoms with E-state index in [2.05, 4.69) is 28.3 Å². The van der Waals surface area contributed by atoms with Crippen LogP contribution >= 0.6 is 27.5 Å². The molecule has 0 radical (unpaired) electrons. The fourth-order valence-corrected chi connectivity index (χ4v) is 3.17. The van der Waals surface area contributed by atoms with Crippen molar-refractivity contribution in [2.45, 2.75) is 31.9 Å². The highest BCUT2D eigenvalue weighted by atomic mass is 79.9. The van der Waals surface area contributed by atoms with Gasteiger partial charge in [-0.15, -0.1) is 0 Å². The van der Waals surface area contributed by atoms with Crippen LogP contribution < -0.4 is 11.3 Å². The van der Waals surface area contributed by atoms with Gasteiger partial charge in [-0.25, -0.2) is 0 Å². The van der Waals surface area contributed by atoms with Crippen LogP contribution in [0.3, 0.4) is 0 Å². The summed E-state index contributed by atoms with van der Waals surface area (Å²) in [6.07, 6.45) is 2.19. The standard InChI is InChI=1S/C13H18BrClN2O/c1-8-4-10(7-18-8)13(17-16)5-9-2-3-11(14)6-12(9)15/h2-3,6,8,10,13,17H,4-5,7,16H2,1H3. The first-order valence-corrected chi connectivity index (χ1v) is 7.29. The Labute approximate surface area is 121 Å². The fourth-order valence-electron chi connectivity index (χ4n) is 2.42. The van der Waals surface area contributed by atoms with Gasteiger partial charge in [-0.2, -0.15) is 0 Å². The summed E-state index contributed by atoms with van der Waals surface area (Å²) in [6.45, 7) is 2.87. The van der Waals surface area contributed by atoms with Gasteiger partial charge in [-0.05, 0) is 37.5 Å². The molecule has 0 aromatic heterocycles. The average molecular weight is 334 g/mol. The molecule has 3 atom stereocenters. The van der Waals surface area contributed by atoms with E-state index in [1.807, 2.05) is 18.2 Å². The van der Waals surface area contributed by atoms with E-state index in [1.165, 1.54) is 0 Å². The highest BCUT2D eigenvalue weighted by Crippen LogP contribution is 2.27. The van der Waals surface area contributed by atoms with E-state index >= 15 is 0 Å². The average Bonchev–Trinajstić information content (AvgIpc) is 2.75.